The molecule has 0 saturated carbocycles. The Hall–Kier alpha value is -2.47. The number of aromatic nitrogens is 4. The lowest BCUT2D eigenvalue weighted by molar-refractivity contribution is 0.318. The first-order valence-electron chi connectivity index (χ1n) is 8.88. The van der Waals surface area contributed by atoms with E-state index < -0.39 is 0 Å². The van der Waals surface area contributed by atoms with Gasteiger partial charge in [-0.3, -0.25) is 9.69 Å². The number of nitrogens with zero attached hydrogens (tertiary/aromatic N) is 4. The number of hydrogen-bond acceptors (Lipinski definition) is 4. The van der Waals surface area contributed by atoms with Gasteiger partial charge in [-0.2, -0.15) is 5.10 Å². The summed E-state index contributed by atoms with van der Waals surface area (Å²) >= 11 is 0. The summed E-state index contributed by atoms with van der Waals surface area (Å²) in [6.45, 7) is 7.09. The second kappa shape index (κ2) is 6.44. The third kappa shape index (κ3) is 2.98. The third-order valence-corrected chi connectivity index (χ3v) is 5.09. The highest BCUT2D eigenvalue weighted by molar-refractivity contribution is 5.42. The van der Waals surface area contributed by atoms with Crippen molar-refractivity contribution in [2.75, 3.05) is 13.1 Å². The Morgan fingerprint density at radius 1 is 1.24 bits per heavy atom. The van der Waals surface area contributed by atoms with E-state index in [1.165, 1.54) is 5.56 Å². The van der Waals surface area contributed by atoms with E-state index in [-0.39, 0.29) is 11.5 Å². The fourth-order valence-corrected chi connectivity index (χ4v) is 3.77. The molecule has 25 heavy (non-hydrogen) atoms. The standard InChI is InChI=1S/C19H23N5O/c1-3-17-20-9-16-19(25)21-18(22-24(16)17)15-12-23(10-13(15)2)11-14-7-5-4-6-8-14/h4-9,13,15H,3,10-12H2,1-2H3,(H,21,22,25). The average molecular weight is 337 g/mol. The van der Waals surface area contributed by atoms with E-state index in [0.717, 1.165) is 37.7 Å². The molecule has 1 aliphatic heterocycles. The molecule has 0 radical (unpaired) electrons. The molecule has 0 aliphatic carbocycles. The summed E-state index contributed by atoms with van der Waals surface area (Å²) in [5.74, 6) is 2.27. The largest absolute Gasteiger partial charge is 0.307 e. The van der Waals surface area contributed by atoms with E-state index in [4.69, 9.17) is 5.10 Å². The molecule has 6 heteroatoms. The topological polar surface area (TPSA) is 66.3 Å². The Kier molecular flexibility index (Phi) is 4.13. The molecule has 0 spiro atoms. The highest BCUT2D eigenvalue weighted by Crippen LogP contribution is 2.30. The number of rotatable bonds is 4. The minimum Gasteiger partial charge on any atom is -0.307 e. The van der Waals surface area contributed by atoms with Gasteiger partial charge >= 0.3 is 0 Å². The van der Waals surface area contributed by atoms with Crippen LogP contribution in [0.4, 0.5) is 0 Å². The maximum Gasteiger partial charge on any atom is 0.276 e. The second-order valence-electron chi connectivity index (χ2n) is 6.93. The molecule has 3 aromatic rings. The number of likely N-dealkylation sites (tertiary alicyclic amines) is 1. The third-order valence-electron chi connectivity index (χ3n) is 5.09. The Bertz CT molecular complexity index is 930. The minimum atomic E-state index is -0.106. The summed E-state index contributed by atoms with van der Waals surface area (Å²) in [4.78, 5) is 22.1. The predicted molar refractivity (Wildman–Crippen MR) is 96.6 cm³/mol. The van der Waals surface area contributed by atoms with Crippen LogP contribution < -0.4 is 5.56 Å². The first-order valence-corrected chi connectivity index (χ1v) is 8.88. The quantitative estimate of drug-likeness (QED) is 0.793. The van der Waals surface area contributed by atoms with Crippen molar-refractivity contribution in [1.82, 2.24) is 24.5 Å². The van der Waals surface area contributed by atoms with Gasteiger partial charge in [-0.15, -0.1) is 0 Å². The van der Waals surface area contributed by atoms with Crippen molar-refractivity contribution in [2.45, 2.75) is 32.7 Å². The fraction of sp³-hybridized carbons (Fsp3) is 0.421. The van der Waals surface area contributed by atoms with Gasteiger partial charge in [0.1, 0.15) is 11.6 Å². The van der Waals surface area contributed by atoms with Crippen molar-refractivity contribution in [1.29, 1.82) is 0 Å². The average Bonchev–Trinajstić information content (AvgIpc) is 3.19. The Balaban J connectivity index is 1.61. The molecule has 130 valence electrons. The van der Waals surface area contributed by atoms with Crippen molar-refractivity contribution in [3.63, 3.8) is 0 Å². The van der Waals surface area contributed by atoms with Crippen LogP contribution >= 0.6 is 0 Å². The molecular formula is C19H23N5O. The molecule has 6 nitrogen and oxygen atoms in total. The van der Waals surface area contributed by atoms with Crippen molar-refractivity contribution >= 4 is 5.52 Å². The Morgan fingerprint density at radius 3 is 2.80 bits per heavy atom. The fourth-order valence-electron chi connectivity index (χ4n) is 3.77. The van der Waals surface area contributed by atoms with Crippen LogP contribution in [-0.4, -0.2) is 37.6 Å². The Morgan fingerprint density at radius 2 is 2.04 bits per heavy atom. The molecule has 1 aromatic carbocycles. The summed E-state index contributed by atoms with van der Waals surface area (Å²) in [6, 6.07) is 10.5. The zero-order valence-electron chi connectivity index (χ0n) is 14.6. The van der Waals surface area contributed by atoms with E-state index in [9.17, 15) is 4.79 Å². The van der Waals surface area contributed by atoms with E-state index in [1.54, 1.807) is 10.7 Å². The van der Waals surface area contributed by atoms with E-state index >= 15 is 0 Å². The molecule has 1 N–H and O–H groups in total. The van der Waals surface area contributed by atoms with Gasteiger partial charge in [-0.25, -0.2) is 9.50 Å². The molecule has 2 aromatic heterocycles. The highest BCUT2D eigenvalue weighted by Gasteiger charge is 2.33. The van der Waals surface area contributed by atoms with Crippen molar-refractivity contribution in [3.8, 4) is 0 Å². The van der Waals surface area contributed by atoms with Gasteiger partial charge in [-0.05, 0) is 11.5 Å². The van der Waals surface area contributed by atoms with Crippen LogP contribution in [0.3, 0.4) is 0 Å². The predicted octanol–water partition coefficient (Wildman–Crippen LogP) is 2.22. The summed E-state index contributed by atoms with van der Waals surface area (Å²) in [5.41, 5.74) is 1.73. The number of hydrogen-bond donors (Lipinski definition) is 1. The lowest BCUT2D eigenvalue weighted by Gasteiger charge is -2.15. The van der Waals surface area contributed by atoms with Crippen LogP contribution in [-0.2, 0) is 13.0 Å². The number of aromatic amines is 1. The van der Waals surface area contributed by atoms with Crippen molar-refractivity contribution < 1.29 is 0 Å². The van der Waals surface area contributed by atoms with Crippen LogP contribution in [0, 0.1) is 5.92 Å². The van der Waals surface area contributed by atoms with Gasteiger partial charge < -0.3 is 4.98 Å². The molecule has 0 bridgehead atoms. The van der Waals surface area contributed by atoms with Crippen LogP contribution in [0.25, 0.3) is 5.52 Å². The minimum absolute atomic E-state index is 0.106. The number of benzene rings is 1. The Labute approximate surface area is 146 Å². The second-order valence-corrected chi connectivity index (χ2v) is 6.93. The molecule has 3 heterocycles. The normalized spacial score (nSPS) is 21.2. The van der Waals surface area contributed by atoms with E-state index in [0.29, 0.717) is 11.4 Å². The van der Waals surface area contributed by atoms with Crippen LogP contribution in [0.2, 0.25) is 0 Å². The summed E-state index contributed by atoms with van der Waals surface area (Å²) in [6.07, 6.45) is 2.36. The van der Waals surface area contributed by atoms with Crippen LogP contribution in [0.5, 0.6) is 0 Å². The summed E-state index contributed by atoms with van der Waals surface area (Å²) in [5, 5.41) is 4.71. The van der Waals surface area contributed by atoms with Crippen LogP contribution in [0.15, 0.2) is 41.3 Å². The highest BCUT2D eigenvalue weighted by atomic mass is 16.1. The van der Waals surface area contributed by atoms with Crippen molar-refractivity contribution in [2.24, 2.45) is 5.92 Å². The first-order chi connectivity index (χ1) is 12.2. The molecule has 1 fully saturated rings. The van der Waals surface area contributed by atoms with Gasteiger partial charge in [0.2, 0.25) is 0 Å². The summed E-state index contributed by atoms with van der Waals surface area (Å²) < 4.78 is 1.71. The van der Waals surface area contributed by atoms with E-state index in [1.807, 2.05) is 13.0 Å². The molecule has 1 saturated heterocycles. The van der Waals surface area contributed by atoms with Gasteiger partial charge in [-0.1, -0.05) is 44.2 Å². The monoisotopic (exact) mass is 337 g/mol. The van der Waals surface area contributed by atoms with Gasteiger partial charge in [0, 0.05) is 32.0 Å². The van der Waals surface area contributed by atoms with Gasteiger partial charge in [0.15, 0.2) is 5.52 Å². The molecule has 2 unspecified atom stereocenters. The lowest BCUT2D eigenvalue weighted by atomic mass is 9.97. The zero-order chi connectivity index (χ0) is 17.4. The maximum atomic E-state index is 12.4. The smallest absolute Gasteiger partial charge is 0.276 e. The first kappa shape index (κ1) is 16.0. The molecule has 0 amide bonds. The van der Waals surface area contributed by atoms with Crippen LogP contribution in [0.1, 0.15) is 37.0 Å². The number of H-pyrrole nitrogens is 1. The molecule has 2 atom stereocenters. The number of nitrogens with one attached hydrogen (secondary N) is 1. The SMILES string of the molecule is CCc1ncc2c(=O)[nH]c(C3CN(Cc4ccccc4)CC3C)nn12. The van der Waals surface area contributed by atoms with Gasteiger partial charge in [0.05, 0.1) is 6.20 Å². The number of aryl methyl sites for hydroxylation is 1. The zero-order valence-corrected chi connectivity index (χ0v) is 14.6. The van der Waals surface area contributed by atoms with E-state index in [2.05, 4.69) is 46.1 Å². The maximum absolute atomic E-state index is 12.4. The lowest BCUT2D eigenvalue weighted by Crippen LogP contribution is -2.23. The molecular weight excluding hydrogens is 314 g/mol. The molecule has 1 aliphatic rings. The van der Waals surface area contributed by atoms with Gasteiger partial charge in [0.25, 0.3) is 5.56 Å². The number of fused-ring (bicyclic) bond motifs is 1. The summed E-state index contributed by atoms with van der Waals surface area (Å²) in [7, 11) is 0. The van der Waals surface area contributed by atoms with Crippen molar-refractivity contribution in [3.05, 3.63) is 64.1 Å². The molecule has 4 rings (SSSR count). The number of imidazole rings is 1.